The van der Waals surface area contributed by atoms with Crippen molar-refractivity contribution in [2.45, 2.75) is 77.9 Å². The summed E-state index contributed by atoms with van der Waals surface area (Å²) in [6, 6.07) is 10.2. The SMILES string of the molecule is CC(C)C(NC(=O)OC(C)(C)C)C(=O)N1C[C@H](OC(=O)N2Cc3cc4c(cc3C2)OCO4)C[C@H]1c1nc(-c2ccc(Br)cc2)c[nH]1. The van der Waals surface area contributed by atoms with Gasteiger partial charge in [-0.15, -0.1) is 0 Å². The Morgan fingerprint density at radius 1 is 1.07 bits per heavy atom. The van der Waals surface area contributed by atoms with Crippen molar-refractivity contribution < 1.29 is 33.3 Å². The van der Waals surface area contributed by atoms with E-state index < -0.39 is 36.0 Å². The molecule has 3 aliphatic rings. The van der Waals surface area contributed by atoms with Crippen LogP contribution in [0.5, 0.6) is 11.5 Å². The van der Waals surface area contributed by atoms with Crippen LogP contribution >= 0.6 is 15.9 Å². The van der Waals surface area contributed by atoms with E-state index in [4.69, 9.17) is 23.9 Å². The normalized spacial score (nSPS) is 19.3. The van der Waals surface area contributed by atoms with Gasteiger partial charge in [-0.05, 0) is 62.1 Å². The first-order valence-electron chi connectivity index (χ1n) is 15.3. The van der Waals surface area contributed by atoms with E-state index >= 15 is 0 Å². The van der Waals surface area contributed by atoms with Crippen molar-refractivity contribution in [1.82, 2.24) is 25.1 Å². The van der Waals surface area contributed by atoms with E-state index in [2.05, 4.69) is 26.2 Å². The summed E-state index contributed by atoms with van der Waals surface area (Å²) in [5.74, 6) is 1.35. The van der Waals surface area contributed by atoms with Gasteiger partial charge in [0, 0.05) is 35.7 Å². The second-order valence-electron chi connectivity index (χ2n) is 13.1. The van der Waals surface area contributed by atoms with Crippen LogP contribution in [0.3, 0.4) is 0 Å². The van der Waals surface area contributed by atoms with Crippen LogP contribution in [0.15, 0.2) is 47.1 Å². The fraction of sp³-hybridized carbons (Fsp3) is 0.455. The molecule has 0 saturated carbocycles. The number of benzene rings is 2. The monoisotopic (exact) mass is 695 g/mol. The Morgan fingerprint density at radius 3 is 2.33 bits per heavy atom. The van der Waals surface area contributed by atoms with Crippen molar-refractivity contribution in [1.29, 1.82) is 0 Å². The third kappa shape index (κ3) is 6.79. The van der Waals surface area contributed by atoms with E-state index in [1.807, 2.05) is 50.2 Å². The molecule has 13 heteroatoms. The Kier molecular flexibility index (Phi) is 8.62. The zero-order valence-electron chi connectivity index (χ0n) is 26.5. The third-order valence-corrected chi connectivity index (χ3v) is 8.68. The van der Waals surface area contributed by atoms with Gasteiger partial charge in [-0.3, -0.25) is 9.69 Å². The summed E-state index contributed by atoms with van der Waals surface area (Å²) >= 11 is 3.46. The second-order valence-corrected chi connectivity index (χ2v) is 14.0. The standard InChI is InChI=1S/C33H38BrN5O7/c1-18(2)28(37-31(41)46-33(3,4)5)30(40)39-16-23(12-25(39)29-35-13-24(36-29)19-6-8-22(34)9-7-19)45-32(42)38-14-20-10-26-27(44-17-43-26)11-21(20)15-38/h6-11,13,18,23,25,28H,12,14-17H2,1-5H3,(H,35,36)(H,37,41)/t23-,25+,28?/m1/s1. The molecule has 2 N–H and O–H groups in total. The van der Waals surface area contributed by atoms with Crippen LogP contribution in [0.4, 0.5) is 9.59 Å². The number of aromatic amines is 1. The number of likely N-dealkylation sites (tertiary alicyclic amines) is 1. The number of aromatic nitrogens is 2. The quantitative estimate of drug-likeness (QED) is 0.325. The number of rotatable bonds is 6. The Balaban J connectivity index is 1.21. The predicted octanol–water partition coefficient (Wildman–Crippen LogP) is 5.91. The lowest BCUT2D eigenvalue weighted by Crippen LogP contribution is -2.52. The first kappa shape index (κ1) is 31.7. The van der Waals surface area contributed by atoms with Gasteiger partial charge in [-0.2, -0.15) is 0 Å². The fourth-order valence-corrected chi connectivity index (χ4v) is 6.19. The van der Waals surface area contributed by atoms with Crippen molar-refractivity contribution in [3.8, 4) is 22.8 Å². The van der Waals surface area contributed by atoms with Crippen LogP contribution in [0.25, 0.3) is 11.3 Å². The first-order valence-corrected chi connectivity index (χ1v) is 16.1. The van der Waals surface area contributed by atoms with E-state index in [0.717, 1.165) is 26.9 Å². The highest BCUT2D eigenvalue weighted by Crippen LogP contribution is 2.39. The Bertz CT molecular complexity index is 1600. The smallest absolute Gasteiger partial charge is 0.410 e. The van der Waals surface area contributed by atoms with Gasteiger partial charge in [-0.25, -0.2) is 14.6 Å². The van der Waals surface area contributed by atoms with Gasteiger partial charge in [0.2, 0.25) is 12.7 Å². The number of fused-ring (bicyclic) bond motifs is 2. The molecule has 1 aromatic heterocycles. The molecule has 4 heterocycles. The molecule has 1 unspecified atom stereocenters. The van der Waals surface area contributed by atoms with Crippen molar-refractivity contribution in [2.24, 2.45) is 5.92 Å². The summed E-state index contributed by atoms with van der Waals surface area (Å²) in [6.45, 7) is 10.1. The fourth-order valence-electron chi connectivity index (χ4n) is 5.92. The van der Waals surface area contributed by atoms with Crippen LogP contribution in [0.2, 0.25) is 0 Å². The van der Waals surface area contributed by atoms with E-state index in [1.165, 1.54) is 0 Å². The molecule has 3 atom stereocenters. The summed E-state index contributed by atoms with van der Waals surface area (Å²) in [5.41, 5.74) is 2.86. The molecule has 0 spiro atoms. The van der Waals surface area contributed by atoms with Crippen LogP contribution in [0, 0.1) is 5.92 Å². The summed E-state index contributed by atoms with van der Waals surface area (Å²) in [6.07, 6.45) is 0.380. The molecule has 46 heavy (non-hydrogen) atoms. The highest BCUT2D eigenvalue weighted by Gasteiger charge is 2.44. The lowest BCUT2D eigenvalue weighted by molar-refractivity contribution is -0.136. The largest absolute Gasteiger partial charge is 0.454 e. The molecule has 3 amide bonds. The number of nitrogens with zero attached hydrogens (tertiary/aromatic N) is 3. The summed E-state index contributed by atoms with van der Waals surface area (Å²) < 4.78 is 23.4. The van der Waals surface area contributed by atoms with Gasteiger partial charge < -0.3 is 34.1 Å². The summed E-state index contributed by atoms with van der Waals surface area (Å²) in [7, 11) is 0. The summed E-state index contributed by atoms with van der Waals surface area (Å²) in [4.78, 5) is 51.6. The minimum absolute atomic E-state index is 0.138. The number of carbonyl (C=O) groups excluding carboxylic acids is 3. The Labute approximate surface area is 275 Å². The number of hydrogen-bond acceptors (Lipinski definition) is 8. The van der Waals surface area contributed by atoms with Crippen LogP contribution in [0.1, 0.15) is 64.0 Å². The number of nitrogens with one attached hydrogen (secondary N) is 2. The number of amides is 3. The number of hydrogen-bond donors (Lipinski definition) is 2. The predicted molar refractivity (Wildman–Crippen MR) is 171 cm³/mol. The number of ether oxygens (including phenoxy) is 4. The van der Waals surface area contributed by atoms with E-state index in [0.29, 0.717) is 36.8 Å². The lowest BCUT2D eigenvalue weighted by Gasteiger charge is -2.31. The molecule has 2 aromatic carbocycles. The van der Waals surface area contributed by atoms with Crippen LogP contribution < -0.4 is 14.8 Å². The van der Waals surface area contributed by atoms with Crippen molar-refractivity contribution in [3.63, 3.8) is 0 Å². The molecule has 0 radical (unpaired) electrons. The number of imidazole rings is 1. The number of halogens is 1. The molecular formula is C33H38BrN5O7. The molecule has 244 valence electrons. The number of carbonyl (C=O) groups is 3. The summed E-state index contributed by atoms with van der Waals surface area (Å²) in [5, 5.41) is 2.76. The molecular weight excluding hydrogens is 658 g/mol. The van der Waals surface area contributed by atoms with Gasteiger partial charge >= 0.3 is 12.2 Å². The molecule has 0 bridgehead atoms. The van der Waals surface area contributed by atoms with Gasteiger partial charge in [-0.1, -0.05) is 41.9 Å². The molecule has 0 aliphatic carbocycles. The maximum Gasteiger partial charge on any atom is 0.410 e. The third-order valence-electron chi connectivity index (χ3n) is 8.15. The second kappa shape index (κ2) is 12.5. The molecule has 1 fully saturated rings. The van der Waals surface area contributed by atoms with Crippen molar-refractivity contribution in [3.05, 3.63) is 64.0 Å². The topological polar surface area (TPSA) is 135 Å². The van der Waals surface area contributed by atoms with Crippen molar-refractivity contribution in [2.75, 3.05) is 13.3 Å². The van der Waals surface area contributed by atoms with Crippen molar-refractivity contribution >= 4 is 34.0 Å². The molecule has 1 saturated heterocycles. The maximum absolute atomic E-state index is 14.2. The Morgan fingerprint density at radius 2 is 1.72 bits per heavy atom. The number of alkyl carbamates (subject to hydrolysis) is 1. The van der Waals surface area contributed by atoms with E-state index in [9.17, 15) is 14.4 Å². The molecule has 12 nitrogen and oxygen atoms in total. The molecule has 6 rings (SSSR count). The molecule has 3 aromatic rings. The first-order chi connectivity index (χ1) is 21.8. The van der Waals surface area contributed by atoms with Gasteiger partial charge in [0.25, 0.3) is 0 Å². The van der Waals surface area contributed by atoms with E-state index in [-0.39, 0.29) is 25.2 Å². The average Bonchev–Trinajstić information content (AvgIpc) is 3.79. The van der Waals surface area contributed by atoms with Crippen LogP contribution in [-0.2, 0) is 27.4 Å². The average molecular weight is 697 g/mol. The minimum Gasteiger partial charge on any atom is -0.454 e. The van der Waals surface area contributed by atoms with Gasteiger partial charge in [0.15, 0.2) is 11.5 Å². The van der Waals surface area contributed by atoms with Gasteiger partial charge in [0.05, 0.1) is 18.3 Å². The zero-order chi connectivity index (χ0) is 32.7. The highest BCUT2D eigenvalue weighted by molar-refractivity contribution is 9.10. The zero-order valence-corrected chi connectivity index (χ0v) is 28.0. The highest BCUT2D eigenvalue weighted by atomic mass is 79.9. The minimum atomic E-state index is -0.868. The molecule has 3 aliphatic heterocycles. The van der Waals surface area contributed by atoms with E-state index in [1.54, 1.807) is 36.8 Å². The van der Waals surface area contributed by atoms with Gasteiger partial charge in [0.1, 0.15) is 23.6 Å². The maximum atomic E-state index is 14.2. The Hall–Kier alpha value is -4.26. The van der Waals surface area contributed by atoms with Crippen LogP contribution in [-0.4, -0.2) is 68.9 Å². The lowest BCUT2D eigenvalue weighted by atomic mass is 10.0. The number of H-pyrrole nitrogens is 1.